The van der Waals surface area contributed by atoms with Crippen LogP contribution < -0.4 is 10.6 Å². The fourth-order valence-corrected chi connectivity index (χ4v) is 2.00. The normalized spacial score (nSPS) is 16.2. The molecule has 1 saturated heterocycles. The smallest absolute Gasteiger partial charge is 0.250 e. The number of rotatable bonds is 5. The molecule has 0 spiro atoms. The first-order valence-corrected chi connectivity index (χ1v) is 6.61. The molecule has 0 atom stereocenters. The van der Waals surface area contributed by atoms with Crippen LogP contribution in [0.3, 0.4) is 0 Å². The van der Waals surface area contributed by atoms with Crippen LogP contribution in [0, 0.1) is 0 Å². The van der Waals surface area contributed by atoms with E-state index in [0.717, 1.165) is 13.1 Å². The highest BCUT2D eigenvalue weighted by molar-refractivity contribution is 5.93. The highest BCUT2D eigenvalue weighted by Crippen LogP contribution is 2.17. The van der Waals surface area contributed by atoms with E-state index < -0.39 is 0 Å². The molecule has 3 rings (SSSR count). The van der Waals surface area contributed by atoms with Crippen molar-refractivity contribution in [3.05, 3.63) is 31.0 Å². The first kappa shape index (κ1) is 13.7. The highest BCUT2D eigenvalue weighted by Gasteiger charge is 2.33. The van der Waals surface area contributed by atoms with Crippen LogP contribution in [0.1, 0.15) is 6.92 Å². The van der Waals surface area contributed by atoms with Gasteiger partial charge >= 0.3 is 0 Å². The second kappa shape index (κ2) is 5.58. The van der Waals surface area contributed by atoms with Gasteiger partial charge in [0.2, 0.25) is 0 Å². The Morgan fingerprint density at radius 2 is 2.43 bits per heavy atom. The van der Waals surface area contributed by atoms with Gasteiger partial charge in [0.05, 0.1) is 11.3 Å². The number of ether oxygens (including phenoxy) is 1. The summed E-state index contributed by atoms with van der Waals surface area (Å²) in [5, 5.41) is 9.92. The van der Waals surface area contributed by atoms with Gasteiger partial charge in [-0.25, -0.2) is 14.6 Å². The monoisotopic (exact) mass is 288 g/mol. The second-order valence-electron chi connectivity index (χ2n) is 5.10. The summed E-state index contributed by atoms with van der Waals surface area (Å²) in [5.74, 6) is 0.289. The molecule has 21 heavy (non-hydrogen) atoms. The Bertz CT molecular complexity index is 623. The van der Waals surface area contributed by atoms with Crippen molar-refractivity contribution in [3.63, 3.8) is 0 Å². The molecule has 0 aliphatic carbocycles. The molecular weight excluding hydrogens is 272 g/mol. The number of pyridine rings is 1. The minimum Gasteiger partial charge on any atom is -0.363 e. The van der Waals surface area contributed by atoms with Crippen LogP contribution in [0.2, 0.25) is 0 Å². The molecule has 1 amide bonds. The van der Waals surface area contributed by atoms with E-state index in [1.54, 1.807) is 18.3 Å². The molecule has 8 nitrogen and oxygen atoms in total. The minimum absolute atomic E-state index is 0.00384. The Balaban J connectivity index is 1.66. The maximum atomic E-state index is 12.0. The summed E-state index contributed by atoms with van der Waals surface area (Å²) in [5.41, 5.74) is 0.314. The Morgan fingerprint density at radius 3 is 3.10 bits per heavy atom. The van der Waals surface area contributed by atoms with E-state index in [-0.39, 0.29) is 18.1 Å². The summed E-state index contributed by atoms with van der Waals surface area (Å²) in [6, 6.07) is 3.50. The molecule has 1 fully saturated rings. The maximum Gasteiger partial charge on any atom is 0.250 e. The highest BCUT2D eigenvalue weighted by atomic mass is 16.5. The van der Waals surface area contributed by atoms with Crippen LogP contribution in [0.15, 0.2) is 31.0 Å². The molecule has 110 valence electrons. The summed E-state index contributed by atoms with van der Waals surface area (Å²) >= 11 is 0. The lowest BCUT2D eigenvalue weighted by molar-refractivity contribution is -0.130. The Hall–Kier alpha value is -2.32. The van der Waals surface area contributed by atoms with Gasteiger partial charge in [0.1, 0.15) is 19.3 Å². The molecule has 0 radical (unpaired) electrons. The molecule has 3 heterocycles. The number of carbonyl (C=O) groups is 1. The van der Waals surface area contributed by atoms with Crippen LogP contribution in [0.4, 0.5) is 5.69 Å². The Morgan fingerprint density at radius 1 is 1.57 bits per heavy atom. The first-order chi connectivity index (χ1) is 10.2. The number of amides is 1. The van der Waals surface area contributed by atoms with Gasteiger partial charge < -0.3 is 15.4 Å². The zero-order chi connectivity index (χ0) is 14.7. The zero-order valence-electron chi connectivity index (χ0n) is 11.6. The van der Waals surface area contributed by atoms with Gasteiger partial charge in [-0.3, -0.25) is 4.79 Å². The average Bonchev–Trinajstić information content (AvgIpc) is 2.98. The second-order valence-corrected chi connectivity index (χ2v) is 5.10. The summed E-state index contributed by atoms with van der Waals surface area (Å²) < 4.78 is 7.09. The zero-order valence-corrected chi connectivity index (χ0v) is 11.6. The van der Waals surface area contributed by atoms with E-state index >= 15 is 0 Å². The van der Waals surface area contributed by atoms with Gasteiger partial charge in [-0.15, -0.1) is 0 Å². The topological polar surface area (TPSA) is 94.0 Å². The average molecular weight is 288 g/mol. The predicted octanol–water partition coefficient (Wildman–Crippen LogP) is -0.0207. The number of nitrogens with zero attached hydrogens (tertiary/aromatic N) is 4. The molecule has 1 aliphatic heterocycles. The SMILES string of the molecule is CC1(OCC(=O)Nc2cccnc2-n2cncn2)CNC1. The van der Waals surface area contributed by atoms with Gasteiger partial charge in [-0.05, 0) is 19.1 Å². The molecule has 2 N–H and O–H groups in total. The molecule has 8 heteroatoms. The molecule has 0 saturated carbocycles. The molecule has 0 bridgehead atoms. The van der Waals surface area contributed by atoms with Crippen molar-refractivity contribution >= 4 is 11.6 Å². The maximum absolute atomic E-state index is 12.0. The van der Waals surface area contributed by atoms with Crippen LogP contribution in [-0.4, -0.2) is 51.0 Å². The van der Waals surface area contributed by atoms with Gasteiger partial charge in [-0.2, -0.15) is 5.10 Å². The van der Waals surface area contributed by atoms with Crippen molar-refractivity contribution in [3.8, 4) is 5.82 Å². The van der Waals surface area contributed by atoms with Crippen molar-refractivity contribution in [1.82, 2.24) is 25.1 Å². The fourth-order valence-electron chi connectivity index (χ4n) is 2.00. The van der Waals surface area contributed by atoms with Crippen LogP contribution in [-0.2, 0) is 9.53 Å². The minimum atomic E-state index is -0.249. The summed E-state index contributed by atoms with van der Waals surface area (Å²) in [6.07, 6.45) is 4.56. The molecule has 2 aromatic rings. The van der Waals surface area contributed by atoms with Crippen molar-refractivity contribution in [2.24, 2.45) is 0 Å². The molecule has 2 aromatic heterocycles. The first-order valence-electron chi connectivity index (χ1n) is 6.61. The molecule has 1 aliphatic rings. The third-order valence-corrected chi connectivity index (χ3v) is 3.25. The Labute approximate surface area is 121 Å². The van der Waals surface area contributed by atoms with Crippen molar-refractivity contribution in [1.29, 1.82) is 0 Å². The third-order valence-electron chi connectivity index (χ3n) is 3.25. The van der Waals surface area contributed by atoms with E-state index in [1.807, 2.05) is 6.92 Å². The number of hydrogen-bond acceptors (Lipinski definition) is 6. The lowest BCUT2D eigenvalue weighted by atomic mass is 10.0. The van der Waals surface area contributed by atoms with Gasteiger partial charge in [0.25, 0.3) is 5.91 Å². The van der Waals surface area contributed by atoms with Crippen LogP contribution in [0.5, 0.6) is 0 Å². The van der Waals surface area contributed by atoms with Gasteiger partial charge in [0, 0.05) is 19.3 Å². The van der Waals surface area contributed by atoms with E-state index in [1.165, 1.54) is 17.3 Å². The Kier molecular flexibility index (Phi) is 3.63. The third kappa shape index (κ3) is 3.06. The van der Waals surface area contributed by atoms with Crippen LogP contribution in [0.25, 0.3) is 5.82 Å². The van der Waals surface area contributed by atoms with Gasteiger partial charge in [-0.1, -0.05) is 0 Å². The van der Waals surface area contributed by atoms with E-state index in [9.17, 15) is 4.79 Å². The van der Waals surface area contributed by atoms with E-state index in [4.69, 9.17) is 4.74 Å². The number of anilines is 1. The standard InChI is InChI=1S/C13H16N6O2/c1-13(6-14-7-13)21-5-11(20)18-10-3-2-4-16-12(10)19-9-15-8-17-19/h2-4,8-9,14H,5-7H2,1H3,(H,18,20). The van der Waals surface area contributed by atoms with E-state index in [0.29, 0.717) is 11.5 Å². The summed E-state index contributed by atoms with van der Waals surface area (Å²) in [7, 11) is 0. The van der Waals surface area contributed by atoms with Gasteiger partial charge in [0.15, 0.2) is 5.82 Å². The molecular formula is C13H16N6O2. The number of aromatic nitrogens is 4. The lowest BCUT2D eigenvalue weighted by Gasteiger charge is -2.38. The number of nitrogens with one attached hydrogen (secondary N) is 2. The van der Waals surface area contributed by atoms with Crippen LogP contribution >= 0.6 is 0 Å². The predicted molar refractivity (Wildman–Crippen MR) is 75.0 cm³/mol. The molecule has 0 unspecified atom stereocenters. The summed E-state index contributed by atoms with van der Waals surface area (Å²) in [4.78, 5) is 20.1. The molecule has 0 aromatic carbocycles. The lowest BCUT2D eigenvalue weighted by Crippen LogP contribution is -2.59. The van der Waals surface area contributed by atoms with Crippen molar-refractivity contribution in [2.45, 2.75) is 12.5 Å². The van der Waals surface area contributed by atoms with E-state index in [2.05, 4.69) is 25.7 Å². The number of hydrogen-bond donors (Lipinski definition) is 2. The largest absolute Gasteiger partial charge is 0.363 e. The summed E-state index contributed by atoms with van der Waals surface area (Å²) in [6.45, 7) is 3.50. The number of carbonyl (C=O) groups excluding carboxylic acids is 1. The van der Waals surface area contributed by atoms with Crippen molar-refractivity contribution in [2.75, 3.05) is 25.0 Å². The fraction of sp³-hybridized carbons (Fsp3) is 0.385. The quantitative estimate of drug-likeness (QED) is 0.803. The van der Waals surface area contributed by atoms with Crippen molar-refractivity contribution < 1.29 is 9.53 Å².